The Hall–Kier alpha value is -3.70. The molecule has 2 aromatic heterocycles. The van der Waals surface area contributed by atoms with E-state index in [1.54, 1.807) is 4.57 Å². The molecule has 0 aliphatic rings. The van der Waals surface area contributed by atoms with Crippen LogP contribution < -0.4 is 10.5 Å². The zero-order chi connectivity index (χ0) is 26.4. The minimum absolute atomic E-state index is 0.157. The van der Waals surface area contributed by atoms with E-state index in [2.05, 4.69) is 9.97 Å². The zero-order valence-corrected chi connectivity index (χ0v) is 20.5. The van der Waals surface area contributed by atoms with Gasteiger partial charge in [0.2, 0.25) is 0 Å². The van der Waals surface area contributed by atoms with Crippen molar-refractivity contribution >= 4 is 17.2 Å². The fraction of sp³-hybridized carbons (Fsp3) is 0.269. The molecule has 194 valence electrons. The molecule has 1 amide bonds. The maximum Gasteiger partial charge on any atom is 0.416 e. The van der Waals surface area contributed by atoms with Gasteiger partial charge in [0.25, 0.3) is 5.91 Å². The number of nitrogens with two attached hydrogens (primary N) is 1. The van der Waals surface area contributed by atoms with Crippen molar-refractivity contribution in [3.63, 3.8) is 0 Å². The number of aliphatic hydroxyl groups is 1. The molecule has 0 saturated heterocycles. The van der Waals surface area contributed by atoms with Gasteiger partial charge in [-0.15, -0.1) is 11.3 Å². The second-order valence-electron chi connectivity index (χ2n) is 8.48. The number of aromatic nitrogens is 3. The van der Waals surface area contributed by atoms with Crippen molar-refractivity contribution in [2.24, 2.45) is 5.73 Å². The van der Waals surface area contributed by atoms with Gasteiger partial charge in [-0.3, -0.25) is 4.79 Å². The molecule has 0 bridgehead atoms. The highest BCUT2D eigenvalue weighted by molar-refractivity contribution is 7.13. The molecule has 0 saturated carbocycles. The highest BCUT2D eigenvalue weighted by atomic mass is 32.1. The summed E-state index contributed by atoms with van der Waals surface area (Å²) in [6.07, 6.45) is -0.0556. The predicted molar refractivity (Wildman–Crippen MR) is 133 cm³/mol. The molecule has 4 rings (SSSR count). The molecule has 37 heavy (non-hydrogen) atoms. The van der Waals surface area contributed by atoms with E-state index in [1.165, 1.54) is 36.0 Å². The molecule has 0 fully saturated rings. The van der Waals surface area contributed by atoms with Crippen LogP contribution in [0.1, 0.15) is 40.2 Å². The van der Waals surface area contributed by atoms with Crippen molar-refractivity contribution in [2.75, 3.05) is 0 Å². The van der Waals surface area contributed by atoms with Gasteiger partial charge in [-0.25, -0.2) is 9.97 Å². The van der Waals surface area contributed by atoms with E-state index < -0.39 is 23.8 Å². The Balaban J connectivity index is 1.29. The number of aliphatic hydroxyl groups excluding tert-OH is 1. The van der Waals surface area contributed by atoms with Crippen molar-refractivity contribution in [2.45, 2.75) is 44.7 Å². The Morgan fingerprint density at radius 2 is 1.92 bits per heavy atom. The number of aryl methyl sites for hydroxylation is 1. The van der Waals surface area contributed by atoms with Crippen molar-refractivity contribution in [1.82, 2.24) is 14.5 Å². The molecule has 0 radical (unpaired) electrons. The monoisotopic (exact) mass is 530 g/mol. The largest absolute Gasteiger partial charge is 0.487 e. The van der Waals surface area contributed by atoms with Crippen LogP contribution in [0.15, 0.2) is 66.4 Å². The maximum atomic E-state index is 12.8. The molecule has 2 heterocycles. The van der Waals surface area contributed by atoms with Crippen molar-refractivity contribution in [1.29, 1.82) is 0 Å². The average Bonchev–Trinajstić information content (AvgIpc) is 3.53. The molecular formula is C26H25F3N4O3S. The number of benzene rings is 2. The summed E-state index contributed by atoms with van der Waals surface area (Å²) in [6.45, 7) is 0.531. The summed E-state index contributed by atoms with van der Waals surface area (Å²) in [5.41, 5.74) is 6.95. The number of alkyl halides is 3. The lowest BCUT2D eigenvalue weighted by Crippen LogP contribution is -2.15. The number of ether oxygens (including phenoxy) is 1. The molecule has 2 aromatic carbocycles. The van der Waals surface area contributed by atoms with Crippen LogP contribution in [0.3, 0.4) is 0 Å². The Morgan fingerprint density at radius 3 is 2.62 bits per heavy atom. The van der Waals surface area contributed by atoms with Gasteiger partial charge >= 0.3 is 6.18 Å². The molecule has 11 heteroatoms. The van der Waals surface area contributed by atoms with Crippen molar-refractivity contribution in [3.8, 4) is 16.3 Å². The summed E-state index contributed by atoms with van der Waals surface area (Å²) in [7, 11) is 0. The lowest BCUT2D eigenvalue weighted by molar-refractivity contribution is -0.137. The lowest BCUT2D eigenvalue weighted by atomic mass is 10.0. The minimum atomic E-state index is -4.37. The first-order valence-electron chi connectivity index (χ1n) is 11.5. The van der Waals surface area contributed by atoms with E-state index in [0.29, 0.717) is 47.8 Å². The third-order valence-corrected chi connectivity index (χ3v) is 6.59. The number of imidazole rings is 1. The number of carbonyl (C=O) groups is 1. The number of amides is 1. The van der Waals surface area contributed by atoms with E-state index in [1.807, 2.05) is 29.6 Å². The molecule has 0 spiro atoms. The molecule has 0 aliphatic heterocycles. The number of hydrogen-bond donors (Lipinski definition) is 2. The number of para-hydroxylation sites is 1. The lowest BCUT2D eigenvalue weighted by Gasteiger charge is -2.13. The number of rotatable bonds is 11. The van der Waals surface area contributed by atoms with E-state index in [-0.39, 0.29) is 12.3 Å². The molecule has 0 aliphatic carbocycles. The minimum Gasteiger partial charge on any atom is -0.487 e. The van der Waals surface area contributed by atoms with Gasteiger partial charge in [-0.2, -0.15) is 13.2 Å². The topological polar surface area (TPSA) is 103 Å². The van der Waals surface area contributed by atoms with Crippen LogP contribution in [-0.4, -0.2) is 31.7 Å². The van der Waals surface area contributed by atoms with E-state index in [4.69, 9.17) is 10.5 Å². The van der Waals surface area contributed by atoms with E-state index in [9.17, 15) is 23.1 Å². The number of thiazole rings is 1. The van der Waals surface area contributed by atoms with Gasteiger partial charge in [0.1, 0.15) is 23.1 Å². The van der Waals surface area contributed by atoms with Gasteiger partial charge in [-0.05, 0) is 43.0 Å². The summed E-state index contributed by atoms with van der Waals surface area (Å²) in [6, 6.07) is 12.6. The molecule has 1 atom stereocenters. The van der Waals surface area contributed by atoms with Crippen molar-refractivity contribution < 1.29 is 27.8 Å². The first-order valence-corrected chi connectivity index (χ1v) is 12.4. The number of primary amides is 1. The summed E-state index contributed by atoms with van der Waals surface area (Å²) in [5.74, 6) is 0.0973. The Morgan fingerprint density at radius 1 is 1.16 bits per heavy atom. The Kier molecular flexibility index (Phi) is 8.24. The van der Waals surface area contributed by atoms with Gasteiger partial charge in [0, 0.05) is 23.7 Å². The van der Waals surface area contributed by atoms with Crippen molar-refractivity contribution in [3.05, 3.63) is 88.9 Å². The first kappa shape index (κ1) is 26.4. The van der Waals surface area contributed by atoms with Gasteiger partial charge in [0.05, 0.1) is 23.7 Å². The number of halogens is 3. The number of carbonyl (C=O) groups excluding carboxylic acids is 1. The normalized spacial score (nSPS) is 12.4. The smallest absolute Gasteiger partial charge is 0.416 e. The maximum absolute atomic E-state index is 12.8. The first-order chi connectivity index (χ1) is 17.7. The van der Waals surface area contributed by atoms with Crippen LogP contribution in [0, 0.1) is 0 Å². The Labute approximate surface area is 215 Å². The molecular weight excluding hydrogens is 505 g/mol. The highest BCUT2D eigenvalue weighted by Gasteiger charge is 2.30. The standard InChI is InChI=1S/C26H25F3N4O3S/c27-26(28,29)19-10-8-18(9-11-19)25-32-20(15-37-25)14-36-23-7-2-1-4-17(23)5-3-6-21(34)12-33-13-22(24(30)35)31-16-33/h1-2,4,7-11,13,15-16,21,34H,3,5-6,12,14H2,(H2,30,35)/t21-/m0/s1. The second-order valence-corrected chi connectivity index (χ2v) is 9.34. The predicted octanol–water partition coefficient (Wildman–Crippen LogP) is 5.09. The molecule has 4 aromatic rings. The fourth-order valence-corrected chi connectivity index (χ4v) is 4.57. The number of hydrogen-bond acceptors (Lipinski definition) is 6. The van der Waals surface area contributed by atoms with Gasteiger partial charge in [-0.1, -0.05) is 30.3 Å². The summed E-state index contributed by atoms with van der Waals surface area (Å²) in [5, 5.41) is 12.8. The van der Waals surface area contributed by atoms with Crippen LogP contribution >= 0.6 is 11.3 Å². The fourth-order valence-electron chi connectivity index (χ4n) is 3.76. The quantitative estimate of drug-likeness (QED) is 0.281. The molecule has 3 N–H and O–H groups in total. The zero-order valence-electron chi connectivity index (χ0n) is 19.7. The summed E-state index contributed by atoms with van der Waals surface area (Å²) < 4.78 is 46.0. The van der Waals surface area contributed by atoms with Crippen LogP contribution in [0.5, 0.6) is 5.75 Å². The summed E-state index contributed by atoms with van der Waals surface area (Å²) >= 11 is 1.34. The number of nitrogens with zero attached hydrogens (tertiary/aromatic N) is 3. The van der Waals surface area contributed by atoms with Gasteiger partial charge in [0.15, 0.2) is 0 Å². The third-order valence-electron chi connectivity index (χ3n) is 5.65. The SMILES string of the molecule is NC(=O)c1cn(C[C@@H](O)CCCc2ccccc2OCc2csc(-c3ccc(C(F)(F)F)cc3)n2)cn1. The van der Waals surface area contributed by atoms with Crippen LogP contribution in [0.2, 0.25) is 0 Å². The van der Waals surface area contributed by atoms with Gasteiger partial charge < -0.3 is 20.1 Å². The Bertz CT molecular complexity index is 1340. The van der Waals surface area contributed by atoms with E-state index in [0.717, 1.165) is 17.7 Å². The molecule has 0 unspecified atom stereocenters. The third kappa shape index (κ3) is 7.17. The van der Waals surface area contributed by atoms with Crippen LogP contribution in [0.4, 0.5) is 13.2 Å². The average molecular weight is 531 g/mol. The molecule has 7 nitrogen and oxygen atoms in total. The van der Waals surface area contributed by atoms with E-state index >= 15 is 0 Å². The van der Waals surface area contributed by atoms with Crippen LogP contribution in [0.25, 0.3) is 10.6 Å². The highest BCUT2D eigenvalue weighted by Crippen LogP contribution is 2.32. The van der Waals surface area contributed by atoms with Crippen LogP contribution in [-0.2, 0) is 25.7 Å². The second kappa shape index (κ2) is 11.6. The summed E-state index contributed by atoms with van der Waals surface area (Å²) in [4.78, 5) is 19.5.